The highest BCUT2D eigenvalue weighted by molar-refractivity contribution is 5.94. The van der Waals surface area contributed by atoms with Crippen LogP contribution in [0, 0.1) is 35.9 Å². The normalized spacial score (nSPS) is 13.6. The standard InChI is InChI=1S/C21H18FN3O/c1-16-5-7-17(8-6-16)9-10-20(26)24-11-13-25(14-12-24)21-18(15-23)3-2-4-19(21)22/h2-8H,11-14H2,1H3. The summed E-state index contributed by atoms with van der Waals surface area (Å²) in [6.07, 6.45) is 0. The Labute approximate surface area is 152 Å². The summed E-state index contributed by atoms with van der Waals surface area (Å²) in [7, 11) is 0. The van der Waals surface area contributed by atoms with E-state index < -0.39 is 5.82 Å². The summed E-state index contributed by atoms with van der Waals surface area (Å²) in [5, 5.41) is 9.18. The minimum atomic E-state index is -0.414. The van der Waals surface area contributed by atoms with Crippen molar-refractivity contribution < 1.29 is 9.18 Å². The van der Waals surface area contributed by atoms with Crippen LogP contribution in [0.15, 0.2) is 42.5 Å². The number of piperazine rings is 1. The highest BCUT2D eigenvalue weighted by atomic mass is 19.1. The van der Waals surface area contributed by atoms with Gasteiger partial charge in [-0.05, 0) is 31.2 Å². The summed E-state index contributed by atoms with van der Waals surface area (Å²) in [6.45, 7) is 3.82. The summed E-state index contributed by atoms with van der Waals surface area (Å²) in [4.78, 5) is 15.7. The molecule has 4 nitrogen and oxygen atoms in total. The van der Waals surface area contributed by atoms with Crippen molar-refractivity contribution in [3.8, 4) is 17.9 Å². The number of para-hydroxylation sites is 1. The fraction of sp³-hybridized carbons (Fsp3) is 0.238. The van der Waals surface area contributed by atoms with Crippen molar-refractivity contribution in [3.63, 3.8) is 0 Å². The summed E-state index contributed by atoms with van der Waals surface area (Å²) in [5.41, 5.74) is 2.56. The lowest BCUT2D eigenvalue weighted by atomic mass is 10.1. The number of nitrogens with zero attached hydrogens (tertiary/aromatic N) is 3. The smallest absolute Gasteiger partial charge is 0.298 e. The van der Waals surface area contributed by atoms with Gasteiger partial charge in [-0.1, -0.05) is 29.7 Å². The Kier molecular flexibility index (Phi) is 5.20. The average molecular weight is 347 g/mol. The third-order valence-electron chi connectivity index (χ3n) is 4.36. The SMILES string of the molecule is Cc1ccc(C#CC(=O)N2CCN(c3c(F)cccc3C#N)CC2)cc1. The Morgan fingerprint density at radius 3 is 2.42 bits per heavy atom. The predicted molar refractivity (Wildman–Crippen MR) is 98.0 cm³/mol. The van der Waals surface area contributed by atoms with Crippen molar-refractivity contribution in [1.82, 2.24) is 4.90 Å². The van der Waals surface area contributed by atoms with Gasteiger partial charge in [-0.3, -0.25) is 4.79 Å². The van der Waals surface area contributed by atoms with Gasteiger partial charge in [0, 0.05) is 37.7 Å². The summed E-state index contributed by atoms with van der Waals surface area (Å²) >= 11 is 0. The lowest BCUT2D eigenvalue weighted by Crippen LogP contribution is -2.49. The van der Waals surface area contributed by atoms with Gasteiger partial charge in [0.1, 0.15) is 11.9 Å². The van der Waals surface area contributed by atoms with E-state index in [0.717, 1.165) is 11.1 Å². The number of halogens is 1. The molecule has 5 heteroatoms. The third-order valence-corrected chi connectivity index (χ3v) is 4.36. The van der Waals surface area contributed by atoms with Gasteiger partial charge in [0.2, 0.25) is 0 Å². The molecule has 1 amide bonds. The van der Waals surface area contributed by atoms with E-state index in [1.165, 1.54) is 12.1 Å². The monoisotopic (exact) mass is 347 g/mol. The first-order chi connectivity index (χ1) is 12.6. The quantitative estimate of drug-likeness (QED) is 0.745. The van der Waals surface area contributed by atoms with Gasteiger partial charge in [0.15, 0.2) is 0 Å². The average Bonchev–Trinajstić information content (AvgIpc) is 2.67. The van der Waals surface area contributed by atoms with E-state index in [2.05, 4.69) is 11.8 Å². The van der Waals surface area contributed by atoms with E-state index in [1.54, 1.807) is 11.0 Å². The van der Waals surface area contributed by atoms with Crippen LogP contribution in [-0.2, 0) is 4.79 Å². The topological polar surface area (TPSA) is 47.3 Å². The molecular weight excluding hydrogens is 329 g/mol. The summed E-state index contributed by atoms with van der Waals surface area (Å²) in [5.74, 6) is 4.90. The van der Waals surface area contributed by atoms with Crippen LogP contribution in [0.3, 0.4) is 0 Å². The van der Waals surface area contributed by atoms with E-state index in [9.17, 15) is 14.4 Å². The van der Waals surface area contributed by atoms with Gasteiger partial charge in [-0.25, -0.2) is 4.39 Å². The lowest BCUT2D eigenvalue weighted by Gasteiger charge is -2.35. The first-order valence-corrected chi connectivity index (χ1v) is 8.39. The van der Waals surface area contributed by atoms with Crippen LogP contribution < -0.4 is 4.90 Å². The Morgan fingerprint density at radius 2 is 1.77 bits per heavy atom. The molecule has 0 aromatic heterocycles. The van der Waals surface area contributed by atoms with Crippen LogP contribution >= 0.6 is 0 Å². The van der Waals surface area contributed by atoms with Crippen LogP contribution in [0.5, 0.6) is 0 Å². The van der Waals surface area contributed by atoms with Crippen LogP contribution in [0.4, 0.5) is 10.1 Å². The Bertz CT molecular complexity index is 911. The van der Waals surface area contributed by atoms with Crippen LogP contribution in [0.2, 0.25) is 0 Å². The lowest BCUT2D eigenvalue weighted by molar-refractivity contribution is -0.125. The minimum Gasteiger partial charge on any atom is -0.365 e. The summed E-state index contributed by atoms with van der Waals surface area (Å²) in [6, 6.07) is 14.2. The number of benzene rings is 2. The molecule has 0 radical (unpaired) electrons. The fourth-order valence-corrected chi connectivity index (χ4v) is 2.90. The van der Waals surface area contributed by atoms with Crippen LogP contribution in [-0.4, -0.2) is 37.0 Å². The Hall–Kier alpha value is -3.31. The van der Waals surface area contributed by atoms with Crippen LogP contribution in [0.25, 0.3) is 0 Å². The number of aryl methyl sites for hydroxylation is 1. The van der Waals surface area contributed by atoms with Crippen LogP contribution in [0.1, 0.15) is 16.7 Å². The zero-order chi connectivity index (χ0) is 18.5. The molecule has 1 aliphatic heterocycles. The van der Waals surface area contributed by atoms with E-state index >= 15 is 0 Å². The van der Waals surface area contributed by atoms with Crippen molar-refractivity contribution >= 4 is 11.6 Å². The molecule has 0 unspecified atom stereocenters. The number of carbonyl (C=O) groups excluding carboxylic acids is 1. The Morgan fingerprint density at radius 1 is 1.08 bits per heavy atom. The van der Waals surface area contributed by atoms with Crippen molar-refractivity contribution in [2.24, 2.45) is 0 Å². The molecule has 0 N–H and O–H groups in total. The maximum Gasteiger partial charge on any atom is 0.298 e. The number of hydrogen-bond donors (Lipinski definition) is 0. The predicted octanol–water partition coefficient (Wildman–Crippen LogP) is 2.71. The van der Waals surface area contributed by atoms with Gasteiger partial charge in [-0.2, -0.15) is 5.26 Å². The zero-order valence-electron chi connectivity index (χ0n) is 14.5. The second kappa shape index (κ2) is 7.72. The second-order valence-electron chi connectivity index (χ2n) is 6.14. The largest absolute Gasteiger partial charge is 0.365 e. The number of carbonyl (C=O) groups is 1. The maximum atomic E-state index is 14.1. The number of nitriles is 1. The molecule has 130 valence electrons. The molecule has 1 heterocycles. The molecule has 2 aromatic rings. The number of amides is 1. The molecule has 0 bridgehead atoms. The molecule has 3 rings (SSSR count). The fourth-order valence-electron chi connectivity index (χ4n) is 2.90. The van der Waals surface area contributed by atoms with Gasteiger partial charge in [0.05, 0.1) is 11.3 Å². The molecule has 1 saturated heterocycles. The Balaban J connectivity index is 1.65. The number of hydrogen-bond acceptors (Lipinski definition) is 3. The molecule has 0 spiro atoms. The van der Waals surface area contributed by atoms with E-state index in [0.29, 0.717) is 37.4 Å². The number of anilines is 1. The van der Waals surface area contributed by atoms with E-state index in [1.807, 2.05) is 42.2 Å². The molecule has 0 aliphatic carbocycles. The van der Waals surface area contributed by atoms with Crippen molar-refractivity contribution in [3.05, 3.63) is 65.0 Å². The zero-order valence-corrected chi connectivity index (χ0v) is 14.5. The van der Waals surface area contributed by atoms with Crippen molar-refractivity contribution in [2.45, 2.75) is 6.92 Å². The maximum absolute atomic E-state index is 14.1. The highest BCUT2D eigenvalue weighted by Crippen LogP contribution is 2.25. The summed E-state index contributed by atoms with van der Waals surface area (Å²) < 4.78 is 14.1. The van der Waals surface area contributed by atoms with Gasteiger partial charge in [0.25, 0.3) is 5.91 Å². The molecule has 0 atom stereocenters. The first kappa shape index (κ1) is 17.5. The molecule has 1 aliphatic rings. The molecule has 2 aromatic carbocycles. The van der Waals surface area contributed by atoms with Gasteiger partial charge in [-0.15, -0.1) is 0 Å². The second-order valence-corrected chi connectivity index (χ2v) is 6.14. The van der Waals surface area contributed by atoms with Crippen molar-refractivity contribution in [1.29, 1.82) is 5.26 Å². The third kappa shape index (κ3) is 3.84. The highest BCUT2D eigenvalue weighted by Gasteiger charge is 2.23. The van der Waals surface area contributed by atoms with Gasteiger partial charge < -0.3 is 9.80 Å². The first-order valence-electron chi connectivity index (χ1n) is 8.39. The molecule has 0 saturated carbocycles. The molecule has 1 fully saturated rings. The van der Waals surface area contributed by atoms with Crippen molar-refractivity contribution in [2.75, 3.05) is 31.1 Å². The van der Waals surface area contributed by atoms with E-state index in [-0.39, 0.29) is 5.91 Å². The minimum absolute atomic E-state index is 0.237. The molecular formula is C21H18FN3O. The van der Waals surface area contributed by atoms with E-state index in [4.69, 9.17) is 0 Å². The van der Waals surface area contributed by atoms with Gasteiger partial charge >= 0.3 is 0 Å². The molecule has 26 heavy (non-hydrogen) atoms. The number of rotatable bonds is 1.